The molecule has 5 saturated carbocycles. The van der Waals surface area contributed by atoms with Crippen LogP contribution in [0.2, 0.25) is 0 Å². The molecular formula is C45H57N3O4. The molecule has 4 unspecified atom stereocenters. The summed E-state index contributed by atoms with van der Waals surface area (Å²) in [7, 11) is 0. The van der Waals surface area contributed by atoms with Crippen LogP contribution in [0.5, 0.6) is 0 Å². The topological polar surface area (TPSA) is 83.1 Å². The van der Waals surface area contributed by atoms with Crippen LogP contribution in [0.4, 0.5) is 4.79 Å². The molecule has 9 rings (SSSR count). The molecule has 4 atom stereocenters. The van der Waals surface area contributed by atoms with Gasteiger partial charge < -0.3 is 25.2 Å². The largest absolute Gasteiger partial charge is 0.392 e. The number of aliphatic hydroxyl groups excluding tert-OH is 1. The van der Waals surface area contributed by atoms with Crippen molar-refractivity contribution in [3.63, 3.8) is 0 Å². The highest BCUT2D eigenvalue weighted by atomic mass is 16.7. The van der Waals surface area contributed by atoms with E-state index in [0.29, 0.717) is 12.6 Å². The average Bonchev–Trinajstić information content (AvgIpc) is 3.69. The van der Waals surface area contributed by atoms with E-state index in [0.717, 1.165) is 83.5 Å². The number of hydrogen-bond acceptors (Lipinski definition) is 5. The molecule has 3 N–H and O–H groups in total. The maximum absolute atomic E-state index is 13.2. The summed E-state index contributed by atoms with van der Waals surface area (Å²) in [6, 6.07) is 25.7. The zero-order valence-corrected chi connectivity index (χ0v) is 30.9. The molecular weight excluding hydrogens is 647 g/mol. The summed E-state index contributed by atoms with van der Waals surface area (Å²) in [5, 5.41) is 16.3. The van der Waals surface area contributed by atoms with Crippen LogP contribution in [0, 0.1) is 23.7 Å². The smallest absolute Gasteiger partial charge is 0.315 e. The molecule has 4 bridgehead atoms. The molecule has 52 heavy (non-hydrogen) atoms. The molecule has 1 aliphatic heterocycles. The van der Waals surface area contributed by atoms with Gasteiger partial charge in [0.1, 0.15) is 0 Å². The highest BCUT2D eigenvalue weighted by Gasteiger charge is 2.51. The van der Waals surface area contributed by atoms with E-state index in [1.54, 1.807) is 0 Å². The first-order valence-electron chi connectivity index (χ1n) is 20.0. The van der Waals surface area contributed by atoms with E-state index >= 15 is 0 Å². The second-order valence-electron chi connectivity index (χ2n) is 16.8. The highest BCUT2D eigenvalue weighted by Crippen LogP contribution is 2.55. The fraction of sp³-hybridized carbons (Fsp3) is 0.533. The molecule has 1 heterocycles. The monoisotopic (exact) mass is 703 g/mol. The first-order chi connectivity index (χ1) is 25.4. The summed E-state index contributed by atoms with van der Waals surface area (Å²) in [6.07, 6.45) is 13.9. The zero-order chi connectivity index (χ0) is 35.7. The van der Waals surface area contributed by atoms with Gasteiger partial charge >= 0.3 is 6.03 Å². The molecule has 3 aromatic rings. The Labute approximate surface area is 310 Å². The van der Waals surface area contributed by atoms with Gasteiger partial charge in [-0.15, -0.1) is 6.58 Å². The first-order valence-corrected chi connectivity index (χ1v) is 20.0. The van der Waals surface area contributed by atoms with Gasteiger partial charge in [-0.2, -0.15) is 0 Å². The zero-order valence-electron chi connectivity index (χ0n) is 30.9. The fourth-order valence-corrected chi connectivity index (χ4v) is 10.8. The van der Waals surface area contributed by atoms with E-state index in [2.05, 4.69) is 89.7 Å². The third-order valence-corrected chi connectivity index (χ3v) is 13.0. The third kappa shape index (κ3) is 7.75. The molecule has 3 aromatic carbocycles. The van der Waals surface area contributed by atoms with E-state index in [9.17, 15) is 9.90 Å². The lowest BCUT2D eigenvalue weighted by atomic mass is 9.53. The second kappa shape index (κ2) is 15.5. The van der Waals surface area contributed by atoms with Crippen molar-refractivity contribution < 1.29 is 19.4 Å². The Morgan fingerprint density at radius 1 is 0.885 bits per heavy atom. The number of carbonyl (C=O) groups is 1. The molecule has 0 radical (unpaired) electrons. The van der Waals surface area contributed by atoms with E-state index in [1.165, 1.54) is 44.9 Å². The van der Waals surface area contributed by atoms with Crippen LogP contribution < -0.4 is 10.6 Å². The molecule has 1 saturated heterocycles. The molecule has 0 aromatic heterocycles. The summed E-state index contributed by atoms with van der Waals surface area (Å²) < 4.78 is 13.7. The SMILES string of the molecule is C=CCN(CC1OC(c2cccc(-c3cccc(CNC(=O)NC45CC6CC(CC(C6)C4)C5)c3)c2)OC(c2ccc(CO)cc2)C1C)C1CCCC1. The van der Waals surface area contributed by atoms with Crippen molar-refractivity contribution in [2.75, 3.05) is 13.1 Å². The number of aliphatic hydroxyl groups is 1. The van der Waals surface area contributed by atoms with Crippen molar-refractivity contribution >= 4 is 6.03 Å². The van der Waals surface area contributed by atoms with Gasteiger partial charge in [-0.25, -0.2) is 4.79 Å². The van der Waals surface area contributed by atoms with E-state index in [1.807, 2.05) is 18.2 Å². The molecule has 5 aliphatic carbocycles. The maximum Gasteiger partial charge on any atom is 0.315 e. The van der Waals surface area contributed by atoms with Crippen LogP contribution in [0.1, 0.15) is 106 Å². The molecule has 6 fully saturated rings. The van der Waals surface area contributed by atoms with Gasteiger partial charge in [-0.1, -0.05) is 86.5 Å². The number of carbonyl (C=O) groups excluding carboxylic acids is 1. The van der Waals surface area contributed by atoms with Gasteiger partial charge in [0.2, 0.25) is 0 Å². The molecule has 7 nitrogen and oxygen atoms in total. The van der Waals surface area contributed by atoms with Gasteiger partial charge in [-0.05, 0) is 109 Å². The van der Waals surface area contributed by atoms with Gasteiger partial charge in [0.05, 0.1) is 18.8 Å². The summed E-state index contributed by atoms with van der Waals surface area (Å²) in [6.45, 7) is 8.50. The number of rotatable bonds is 12. The molecule has 276 valence electrons. The minimum atomic E-state index is -0.532. The quantitative estimate of drug-likeness (QED) is 0.164. The van der Waals surface area contributed by atoms with Crippen molar-refractivity contribution in [3.8, 4) is 11.1 Å². The van der Waals surface area contributed by atoms with Crippen molar-refractivity contribution in [2.24, 2.45) is 23.7 Å². The Bertz CT molecular complexity index is 1670. The summed E-state index contributed by atoms with van der Waals surface area (Å²) in [4.78, 5) is 15.8. The van der Waals surface area contributed by atoms with Crippen molar-refractivity contribution in [3.05, 3.63) is 108 Å². The highest BCUT2D eigenvalue weighted by molar-refractivity contribution is 5.75. The number of nitrogens with one attached hydrogen (secondary N) is 2. The van der Waals surface area contributed by atoms with E-state index in [-0.39, 0.29) is 36.3 Å². The van der Waals surface area contributed by atoms with Crippen molar-refractivity contribution in [2.45, 2.75) is 114 Å². The standard InChI is InChI=1S/C45H57N3O4/c1-3-18-48(40-12-4-5-13-40)28-41-30(2)42(36-16-14-31(29-49)15-17-36)52-43(51-41)39-11-7-10-38(23-39)37-9-6-8-32(22-37)27-46-44(50)47-45-24-33-19-34(25-45)21-35(20-33)26-45/h3,6-11,14-17,22-23,30,33-35,40-43,49H,1,4-5,12-13,18-21,24-29H2,2H3,(H2,46,47,50). The Kier molecular flexibility index (Phi) is 10.6. The van der Waals surface area contributed by atoms with Gasteiger partial charge in [0.15, 0.2) is 6.29 Å². The number of hydrogen-bond donors (Lipinski definition) is 3. The van der Waals surface area contributed by atoms with Crippen LogP contribution in [0.15, 0.2) is 85.5 Å². The maximum atomic E-state index is 13.2. The lowest BCUT2D eigenvalue weighted by Gasteiger charge is -2.56. The Morgan fingerprint density at radius 2 is 1.56 bits per heavy atom. The van der Waals surface area contributed by atoms with Crippen molar-refractivity contribution in [1.29, 1.82) is 0 Å². The summed E-state index contributed by atoms with van der Waals surface area (Å²) >= 11 is 0. The number of amides is 2. The summed E-state index contributed by atoms with van der Waals surface area (Å²) in [5.74, 6) is 2.51. The molecule has 6 aliphatic rings. The normalized spacial score (nSPS) is 31.2. The van der Waals surface area contributed by atoms with Crippen LogP contribution >= 0.6 is 0 Å². The van der Waals surface area contributed by atoms with Crippen LogP contribution in [-0.2, 0) is 22.6 Å². The van der Waals surface area contributed by atoms with Crippen LogP contribution in [0.25, 0.3) is 11.1 Å². The predicted octanol–water partition coefficient (Wildman–Crippen LogP) is 8.84. The lowest BCUT2D eigenvalue weighted by molar-refractivity contribution is -0.276. The molecule has 7 heteroatoms. The van der Waals surface area contributed by atoms with Gasteiger partial charge in [0, 0.05) is 42.7 Å². The Balaban J connectivity index is 0.979. The predicted molar refractivity (Wildman–Crippen MR) is 205 cm³/mol. The fourth-order valence-electron chi connectivity index (χ4n) is 10.8. The summed E-state index contributed by atoms with van der Waals surface area (Å²) in [5.41, 5.74) is 6.24. The number of urea groups is 1. The average molecular weight is 704 g/mol. The minimum Gasteiger partial charge on any atom is -0.392 e. The molecule has 0 spiro atoms. The van der Waals surface area contributed by atoms with Gasteiger partial charge in [-0.3, -0.25) is 4.90 Å². The number of nitrogens with zero attached hydrogens (tertiary/aromatic N) is 1. The second-order valence-corrected chi connectivity index (χ2v) is 16.8. The molecule has 2 amide bonds. The third-order valence-electron chi connectivity index (χ3n) is 13.0. The first kappa shape index (κ1) is 35.5. The number of ether oxygens (including phenoxy) is 2. The van der Waals surface area contributed by atoms with E-state index in [4.69, 9.17) is 9.47 Å². The minimum absolute atomic E-state index is 0.00349. The van der Waals surface area contributed by atoms with Crippen LogP contribution in [0.3, 0.4) is 0 Å². The van der Waals surface area contributed by atoms with Crippen LogP contribution in [-0.4, -0.2) is 46.8 Å². The lowest BCUT2D eigenvalue weighted by Crippen LogP contribution is -2.61. The number of benzene rings is 3. The van der Waals surface area contributed by atoms with Crippen molar-refractivity contribution in [1.82, 2.24) is 15.5 Å². The van der Waals surface area contributed by atoms with Gasteiger partial charge in [0.25, 0.3) is 0 Å². The Hall–Kier alpha value is -3.49. The Morgan fingerprint density at radius 3 is 2.23 bits per heavy atom. The van der Waals surface area contributed by atoms with E-state index < -0.39 is 6.29 Å².